The minimum Gasteiger partial charge on any atom is -0.396 e. The van der Waals surface area contributed by atoms with E-state index in [1.165, 1.54) is 0 Å². The summed E-state index contributed by atoms with van der Waals surface area (Å²) < 4.78 is 0. The summed E-state index contributed by atoms with van der Waals surface area (Å²) in [5.41, 5.74) is 5.84. The van der Waals surface area contributed by atoms with Crippen molar-refractivity contribution in [2.45, 2.75) is 52.6 Å². The molecule has 1 amide bonds. The van der Waals surface area contributed by atoms with Crippen LogP contribution in [0.5, 0.6) is 0 Å². The van der Waals surface area contributed by atoms with Gasteiger partial charge in [0.15, 0.2) is 0 Å². The molecular formula is C12H26N2O2. The van der Waals surface area contributed by atoms with Crippen LogP contribution in [-0.4, -0.2) is 29.7 Å². The molecule has 16 heavy (non-hydrogen) atoms. The van der Waals surface area contributed by atoms with Gasteiger partial charge in [0, 0.05) is 12.6 Å². The van der Waals surface area contributed by atoms with Gasteiger partial charge in [-0.3, -0.25) is 4.79 Å². The first-order chi connectivity index (χ1) is 7.43. The molecule has 1 unspecified atom stereocenters. The van der Waals surface area contributed by atoms with E-state index < -0.39 is 6.04 Å². The smallest absolute Gasteiger partial charge is 0.237 e. The minimum absolute atomic E-state index is 0.00704. The van der Waals surface area contributed by atoms with Crippen molar-refractivity contribution in [2.75, 3.05) is 6.61 Å². The SMILES string of the molecule is CC[C@H](C)[C@H](N)C(=O)NC(CCO)C(C)C. The van der Waals surface area contributed by atoms with E-state index in [0.29, 0.717) is 12.3 Å². The quantitative estimate of drug-likeness (QED) is 0.608. The molecule has 0 radical (unpaired) electrons. The van der Waals surface area contributed by atoms with E-state index in [-0.39, 0.29) is 24.5 Å². The Kier molecular flexibility index (Phi) is 7.34. The molecule has 0 saturated heterocycles. The molecule has 0 fully saturated rings. The highest BCUT2D eigenvalue weighted by Crippen LogP contribution is 2.09. The van der Waals surface area contributed by atoms with Crippen LogP contribution in [0, 0.1) is 11.8 Å². The van der Waals surface area contributed by atoms with Gasteiger partial charge in [-0.05, 0) is 18.3 Å². The molecule has 96 valence electrons. The molecule has 0 rings (SSSR count). The number of carbonyl (C=O) groups is 1. The molecule has 4 heteroatoms. The van der Waals surface area contributed by atoms with Crippen LogP contribution in [0.4, 0.5) is 0 Å². The average Bonchev–Trinajstić information content (AvgIpc) is 2.25. The molecule has 0 spiro atoms. The molecule has 3 atom stereocenters. The van der Waals surface area contributed by atoms with E-state index in [2.05, 4.69) is 5.32 Å². The van der Waals surface area contributed by atoms with Crippen molar-refractivity contribution in [3.05, 3.63) is 0 Å². The number of carbonyl (C=O) groups excluding carboxylic acids is 1. The summed E-state index contributed by atoms with van der Waals surface area (Å²) in [6, 6.07) is -0.447. The number of hydrogen-bond acceptors (Lipinski definition) is 3. The summed E-state index contributed by atoms with van der Waals surface area (Å²) in [4.78, 5) is 11.8. The minimum atomic E-state index is -0.454. The highest BCUT2D eigenvalue weighted by Gasteiger charge is 2.23. The number of aliphatic hydroxyl groups is 1. The van der Waals surface area contributed by atoms with Gasteiger partial charge >= 0.3 is 0 Å². The number of aliphatic hydroxyl groups excluding tert-OH is 1. The van der Waals surface area contributed by atoms with Gasteiger partial charge in [0.2, 0.25) is 5.91 Å². The Morgan fingerprint density at radius 3 is 2.31 bits per heavy atom. The van der Waals surface area contributed by atoms with Gasteiger partial charge in [0.05, 0.1) is 6.04 Å². The first-order valence-electron chi connectivity index (χ1n) is 6.10. The molecule has 0 heterocycles. The summed E-state index contributed by atoms with van der Waals surface area (Å²) in [5, 5.41) is 11.8. The average molecular weight is 230 g/mol. The van der Waals surface area contributed by atoms with Crippen LogP contribution in [-0.2, 0) is 4.79 Å². The fourth-order valence-electron chi connectivity index (χ4n) is 1.50. The number of nitrogens with one attached hydrogen (secondary N) is 1. The summed E-state index contributed by atoms with van der Waals surface area (Å²) in [7, 11) is 0. The van der Waals surface area contributed by atoms with Crippen molar-refractivity contribution >= 4 is 5.91 Å². The molecule has 4 nitrogen and oxygen atoms in total. The van der Waals surface area contributed by atoms with Crippen molar-refractivity contribution < 1.29 is 9.90 Å². The molecule has 0 aromatic carbocycles. The monoisotopic (exact) mass is 230 g/mol. The summed E-state index contributed by atoms with van der Waals surface area (Å²) in [5.74, 6) is 0.378. The fourth-order valence-corrected chi connectivity index (χ4v) is 1.50. The highest BCUT2D eigenvalue weighted by molar-refractivity contribution is 5.82. The Bertz CT molecular complexity index is 207. The van der Waals surface area contributed by atoms with E-state index in [9.17, 15) is 4.79 Å². The molecule has 0 aliphatic carbocycles. The normalized spacial score (nSPS) is 16.9. The lowest BCUT2D eigenvalue weighted by atomic mass is 9.97. The van der Waals surface area contributed by atoms with E-state index >= 15 is 0 Å². The number of nitrogens with two attached hydrogens (primary N) is 1. The van der Waals surface area contributed by atoms with Crippen molar-refractivity contribution in [1.82, 2.24) is 5.32 Å². The first-order valence-corrected chi connectivity index (χ1v) is 6.10. The second kappa shape index (κ2) is 7.63. The van der Waals surface area contributed by atoms with E-state index in [1.54, 1.807) is 0 Å². The zero-order valence-electron chi connectivity index (χ0n) is 10.9. The first kappa shape index (κ1) is 15.4. The summed E-state index contributed by atoms with van der Waals surface area (Å²) in [6.45, 7) is 8.12. The third kappa shape index (κ3) is 4.94. The maximum atomic E-state index is 11.8. The molecule has 0 aromatic heterocycles. The van der Waals surface area contributed by atoms with Crippen LogP contribution in [0.25, 0.3) is 0 Å². The third-order valence-electron chi connectivity index (χ3n) is 3.13. The van der Waals surface area contributed by atoms with Gasteiger partial charge in [-0.15, -0.1) is 0 Å². The molecule has 4 N–H and O–H groups in total. The third-order valence-corrected chi connectivity index (χ3v) is 3.13. The lowest BCUT2D eigenvalue weighted by Crippen LogP contribution is -2.49. The standard InChI is InChI=1S/C12H26N2O2/c1-5-9(4)11(13)12(16)14-10(6-7-15)8(2)3/h8-11,15H,5-7,13H2,1-4H3,(H,14,16)/t9-,10?,11-/m0/s1. The Balaban J connectivity index is 4.28. The molecule has 0 saturated carbocycles. The number of rotatable bonds is 7. The number of hydrogen-bond donors (Lipinski definition) is 3. The predicted molar refractivity (Wildman–Crippen MR) is 65.9 cm³/mol. The fraction of sp³-hybridized carbons (Fsp3) is 0.917. The zero-order chi connectivity index (χ0) is 12.7. The van der Waals surface area contributed by atoms with Crippen molar-refractivity contribution in [3.8, 4) is 0 Å². The van der Waals surface area contributed by atoms with Crippen molar-refractivity contribution in [1.29, 1.82) is 0 Å². The van der Waals surface area contributed by atoms with E-state index in [0.717, 1.165) is 6.42 Å². The molecule has 0 bridgehead atoms. The summed E-state index contributed by atoms with van der Waals surface area (Å²) >= 11 is 0. The molecule has 0 aliphatic rings. The predicted octanol–water partition coefficient (Wildman–Crippen LogP) is 0.883. The second-order valence-corrected chi connectivity index (χ2v) is 4.78. The molecular weight excluding hydrogens is 204 g/mol. The van der Waals surface area contributed by atoms with Crippen LogP contribution >= 0.6 is 0 Å². The lowest BCUT2D eigenvalue weighted by molar-refractivity contribution is -0.124. The highest BCUT2D eigenvalue weighted by atomic mass is 16.3. The van der Waals surface area contributed by atoms with Gasteiger partial charge in [0.1, 0.15) is 0 Å². The molecule has 0 aliphatic heterocycles. The Morgan fingerprint density at radius 1 is 1.38 bits per heavy atom. The Labute approximate surface area is 98.6 Å². The van der Waals surface area contributed by atoms with Crippen molar-refractivity contribution in [2.24, 2.45) is 17.6 Å². The molecule has 0 aromatic rings. The van der Waals surface area contributed by atoms with Crippen molar-refractivity contribution in [3.63, 3.8) is 0 Å². The summed E-state index contributed by atoms with van der Waals surface area (Å²) in [6.07, 6.45) is 1.47. The van der Waals surface area contributed by atoms with Crippen LogP contribution in [0.15, 0.2) is 0 Å². The van der Waals surface area contributed by atoms with Gasteiger partial charge in [0.25, 0.3) is 0 Å². The van der Waals surface area contributed by atoms with Gasteiger partial charge in [-0.1, -0.05) is 34.1 Å². The Hall–Kier alpha value is -0.610. The van der Waals surface area contributed by atoms with Crippen LogP contribution in [0.2, 0.25) is 0 Å². The largest absolute Gasteiger partial charge is 0.396 e. The Morgan fingerprint density at radius 2 is 1.94 bits per heavy atom. The van der Waals surface area contributed by atoms with E-state index in [1.807, 2.05) is 27.7 Å². The van der Waals surface area contributed by atoms with Crippen LogP contribution in [0.1, 0.15) is 40.5 Å². The number of amides is 1. The van der Waals surface area contributed by atoms with Gasteiger partial charge in [-0.25, -0.2) is 0 Å². The van der Waals surface area contributed by atoms with Crippen LogP contribution < -0.4 is 11.1 Å². The maximum Gasteiger partial charge on any atom is 0.237 e. The maximum absolute atomic E-state index is 11.8. The lowest BCUT2D eigenvalue weighted by Gasteiger charge is -2.25. The van der Waals surface area contributed by atoms with Gasteiger partial charge in [-0.2, -0.15) is 0 Å². The topological polar surface area (TPSA) is 75.4 Å². The van der Waals surface area contributed by atoms with Gasteiger partial charge < -0.3 is 16.2 Å². The second-order valence-electron chi connectivity index (χ2n) is 4.78. The van der Waals surface area contributed by atoms with Crippen LogP contribution in [0.3, 0.4) is 0 Å². The van der Waals surface area contributed by atoms with E-state index in [4.69, 9.17) is 10.8 Å². The zero-order valence-corrected chi connectivity index (χ0v) is 10.9.